The standard InChI is InChI=1S/C18H21N3O5S/c1-26-14-9-10-18(17(13-14)21(22)23)27(24,25)19-15-7-3-4-8-16(15)20-11-5-2-6-12-20/h3-4,7-10,13,19H,2,5-6,11-12H2,1H3. The molecule has 27 heavy (non-hydrogen) atoms. The molecule has 2 aromatic carbocycles. The van der Waals surface area contributed by atoms with Gasteiger partial charge >= 0.3 is 0 Å². The van der Waals surface area contributed by atoms with E-state index < -0.39 is 25.5 Å². The van der Waals surface area contributed by atoms with Gasteiger partial charge in [-0.15, -0.1) is 0 Å². The number of hydrogen-bond acceptors (Lipinski definition) is 6. The van der Waals surface area contributed by atoms with Crippen LogP contribution < -0.4 is 14.4 Å². The number of nitrogens with zero attached hydrogens (tertiary/aromatic N) is 2. The fraction of sp³-hybridized carbons (Fsp3) is 0.333. The molecule has 0 aliphatic carbocycles. The first-order valence-electron chi connectivity index (χ1n) is 8.61. The predicted molar refractivity (Wildman–Crippen MR) is 103 cm³/mol. The van der Waals surface area contributed by atoms with Gasteiger partial charge in [-0.2, -0.15) is 0 Å². The number of anilines is 2. The van der Waals surface area contributed by atoms with Crippen LogP contribution in [0.1, 0.15) is 19.3 Å². The van der Waals surface area contributed by atoms with Gasteiger partial charge in [-0.25, -0.2) is 8.42 Å². The van der Waals surface area contributed by atoms with Gasteiger partial charge in [0.1, 0.15) is 5.75 Å². The maximum atomic E-state index is 12.9. The maximum absolute atomic E-state index is 12.9. The van der Waals surface area contributed by atoms with Gasteiger partial charge in [-0.1, -0.05) is 12.1 Å². The van der Waals surface area contributed by atoms with Crippen LogP contribution in [0.3, 0.4) is 0 Å². The lowest BCUT2D eigenvalue weighted by molar-refractivity contribution is -0.387. The van der Waals surface area contributed by atoms with Crippen LogP contribution in [-0.2, 0) is 10.0 Å². The molecule has 2 aromatic rings. The number of ether oxygens (including phenoxy) is 1. The molecule has 3 rings (SSSR count). The Labute approximate surface area is 158 Å². The predicted octanol–water partition coefficient (Wildman–Crippen LogP) is 3.39. The summed E-state index contributed by atoms with van der Waals surface area (Å²) in [5, 5.41) is 11.4. The maximum Gasteiger partial charge on any atom is 0.293 e. The van der Waals surface area contributed by atoms with E-state index in [4.69, 9.17) is 4.74 Å². The van der Waals surface area contributed by atoms with Crippen LogP contribution in [0.15, 0.2) is 47.4 Å². The van der Waals surface area contributed by atoms with E-state index in [1.165, 1.54) is 19.2 Å². The monoisotopic (exact) mass is 391 g/mol. The summed E-state index contributed by atoms with van der Waals surface area (Å²) in [5.74, 6) is 0.217. The second kappa shape index (κ2) is 7.83. The number of methoxy groups -OCH3 is 1. The zero-order valence-corrected chi connectivity index (χ0v) is 15.7. The van der Waals surface area contributed by atoms with E-state index in [0.29, 0.717) is 5.69 Å². The molecule has 1 heterocycles. The number of nitro benzene ring substituents is 1. The van der Waals surface area contributed by atoms with Gasteiger partial charge in [0, 0.05) is 13.1 Å². The van der Waals surface area contributed by atoms with Crippen LogP contribution in [0.25, 0.3) is 0 Å². The molecule has 0 radical (unpaired) electrons. The average Bonchev–Trinajstić information content (AvgIpc) is 2.68. The summed E-state index contributed by atoms with van der Waals surface area (Å²) in [6.07, 6.45) is 3.25. The van der Waals surface area contributed by atoms with Crippen LogP contribution >= 0.6 is 0 Å². The van der Waals surface area contributed by atoms with E-state index >= 15 is 0 Å². The molecule has 0 bridgehead atoms. The van der Waals surface area contributed by atoms with Crippen LogP contribution in [0.4, 0.5) is 17.1 Å². The van der Waals surface area contributed by atoms with Crippen molar-refractivity contribution in [3.63, 3.8) is 0 Å². The lowest BCUT2D eigenvalue weighted by atomic mass is 10.1. The SMILES string of the molecule is COc1ccc(S(=O)(=O)Nc2ccccc2N2CCCCC2)c([N+](=O)[O-])c1. The quantitative estimate of drug-likeness (QED) is 0.598. The van der Waals surface area contributed by atoms with E-state index in [1.807, 2.05) is 12.1 Å². The summed E-state index contributed by atoms with van der Waals surface area (Å²) in [6, 6.07) is 10.8. The Kier molecular flexibility index (Phi) is 5.50. The van der Waals surface area contributed by atoms with Crippen molar-refractivity contribution in [1.29, 1.82) is 0 Å². The number of sulfonamides is 1. The molecule has 0 amide bonds. The van der Waals surface area contributed by atoms with E-state index in [9.17, 15) is 18.5 Å². The summed E-state index contributed by atoms with van der Waals surface area (Å²) in [4.78, 5) is 12.4. The molecule has 0 atom stereocenters. The highest BCUT2D eigenvalue weighted by Crippen LogP contribution is 2.33. The molecule has 1 N–H and O–H groups in total. The van der Waals surface area contributed by atoms with E-state index in [0.717, 1.165) is 44.1 Å². The summed E-state index contributed by atoms with van der Waals surface area (Å²) in [7, 11) is -2.79. The summed E-state index contributed by atoms with van der Waals surface area (Å²) >= 11 is 0. The first kappa shape index (κ1) is 19.0. The summed E-state index contributed by atoms with van der Waals surface area (Å²) in [6.45, 7) is 1.70. The number of hydrogen-bond donors (Lipinski definition) is 1. The van der Waals surface area contributed by atoms with Gasteiger partial charge in [-0.3, -0.25) is 14.8 Å². The van der Waals surface area contributed by atoms with E-state index in [-0.39, 0.29) is 5.75 Å². The summed E-state index contributed by atoms with van der Waals surface area (Å²) < 4.78 is 33.3. The van der Waals surface area contributed by atoms with Crippen LogP contribution in [0, 0.1) is 10.1 Å². The second-order valence-electron chi connectivity index (χ2n) is 6.26. The lowest BCUT2D eigenvalue weighted by Crippen LogP contribution is -2.30. The van der Waals surface area contributed by atoms with Gasteiger partial charge in [0.05, 0.1) is 29.5 Å². The molecule has 1 aliphatic heterocycles. The molecule has 0 saturated carbocycles. The Hall–Kier alpha value is -2.81. The molecule has 1 fully saturated rings. The topological polar surface area (TPSA) is 102 Å². The van der Waals surface area contributed by atoms with Crippen molar-refractivity contribution in [2.75, 3.05) is 29.8 Å². The van der Waals surface area contributed by atoms with Crippen molar-refractivity contribution >= 4 is 27.1 Å². The highest BCUT2D eigenvalue weighted by atomic mass is 32.2. The third kappa shape index (κ3) is 4.13. The molecule has 0 aromatic heterocycles. The second-order valence-corrected chi connectivity index (χ2v) is 7.91. The zero-order chi connectivity index (χ0) is 19.4. The van der Waals surface area contributed by atoms with Crippen molar-refractivity contribution in [2.24, 2.45) is 0 Å². The zero-order valence-electron chi connectivity index (χ0n) is 14.9. The Morgan fingerprint density at radius 1 is 1.11 bits per heavy atom. The summed E-state index contributed by atoms with van der Waals surface area (Å²) in [5.41, 5.74) is 0.652. The minimum Gasteiger partial charge on any atom is -0.497 e. The Morgan fingerprint density at radius 2 is 1.81 bits per heavy atom. The Morgan fingerprint density at radius 3 is 2.48 bits per heavy atom. The number of nitrogens with one attached hydrogen (secondary N) is 1. The minimum atomic E-state index is -4.15. The van der Waals surface area contributed by atoms with E-state index in [1.54, 1.807) is 12.1 Å². The first-order chi connectivity index (χ1) is 12.9. The highest BCUT2D eigenvalue weighted by Gasteiger charge is 2.28. The fourth-order valence-corrected chi connectivity index (χ4v) is 4.39. The van der Waals surface area contributed by atoms with Gasteiger partial charge in [0.15, 0.2) is 4.90 Å². The molecule has 0 spiro atoms. The molecule has 1 aliphatic rings. The Bertz CT molecular complexity index is 940. The third-order valence-electron chi connectivity index (χ3n) is 4.50. The molecule has 8 nitrogen and oxygen atoms in total. The van der Waals surface area contributed by atoms with Gasteiger partial charge < -0.3 is 9.64 Å². The van der Waals surface area contributed by atoms with Gasteiger partial charge in [-0.05, 0) is 43.5 Å². The molecular weight excluding hydrogens is 370 g/mol. The number of rotatable bonds is 6. The third-order valence-corrected chi connectivity index (χ3v) is 5.91. The largest absolute Gasteiger partial charge is 0.497 e. The van der Waals surface area contributed by atoms with E-state index in [2.05, 4.69) is 9.62 Å². The minimum absolute atomic E-state index is 0.217. The van der Waals surface area contributed by atoms with Crippen molar-refractivity contribution in [3.05, 3.63) is 52.6 Å². The molecule has 1 saturated heterocycles. The molecule has 0 unspecified atom stereocenters. The van der Waals surface area contributed by atoms with Crippen LogP contribution in [0.5, 0.6) is 5.75 Å². The molecular formula is C18H21N3O5S. The highest BCUT2D eigenvalue weighted by molar-refractivity contribution is 7.92. The van der Waals surface area contributed by atoms with Gasteiger partial charge in [0.2, 0.25) is 0 Å². The lowest BCUT2D eigenvalue weighted by Gasteiger charge is -2.30. The normalized spacial score (nSPS) is 14.6. The fourth-order valence-electron chi connectivity index (χ4n) is 3.16. The smallest absolute Gasteiger partial charge is 0.293 e. The van der Waals surface area contributed by atoms with Crippen LogP contribution in [-0.4, -0.2) is 33.5 Å². The molecule has 144 valence electrons. The van der Waals surface area contributed by atoms with Crippen molar-refractivity contribution in [3.8, 4) is 5.75 Å². The number of nitro groups is 1. The average molecular weight is 391 g/mol. The van der Waals surface area contributed by atoms with Crippen molar-refractivity contribution < 1.29 is 18.1 Å². The van der Waals surface area contributed by atoms with Gasteiger partial charge in [0.25, 0.3) is 15.7 Å². The number of benzene rings is 2. The number of para-hydroxylation sites is 2. The Balaban J connectivity index is 1.97. The number of piperidine rings is 1. The van der Waals surface area contributed by atoms with Crippen molar-refractivity contribution in [2.45, 2.75) is 24.2 Å². The molecule has 9 heteroatoms. The van der Waals surface area contributed by atoms with Crippen LogP contribution in [0.2, 0.25) is 0 Å². The first-order valence-corrected chi connectivity index (χ1v) is 10.1. The van der Waals surface area contributed by atoms with Crippen molar-refractivity contribution in [1.82, 2.24) is 0 Å².